The highest BCUT2D eigenvalue weighted by Gasteiger charge is 2.28. The molecule has 0 atom stereocenters. The minimum atomic E-state index is -0.523. The molecule has 0 radical (unpaired) electrons. The van der Waals surface area contributed by atoms with Crippen molar-refractivity contribution >= 4 is 5.91 Å². The first-order valence-electron chi connectivity index (χ1n) is 5.70. The van der Waals surface area contributed by atoms with E-state index in [1.165, 1.54) is 6.07 Å². The van der Waals surface area contributed by atoms with Crippen molar-refractivity contribution in [1.82, 2.24) is 4.90 Å². The first kappa shape index (κ1) is 12.0. The van der Waals surface area contributed by atoms with Crippen LogP contribution in [0.1, 0.15) is 31.4 Å². The lowest BCUT2D eigenvalue weighted by Gasteiger charge is -2.22. The number of nitrogens with zero attached hydrogens (tertiary/aromatic N) is 1. The largest absolute Gasteiger partial charge is 0.334 e. The molecular weight excluding hydrogens is 219 g/mol. The number of hydrogen-bond acceptors (Lipinski definition) is 2. The van der Waals surface area contributed by atoms with Crippen molar-refractivity contribution in [3.8, 4) is 0 Å². The van der Waals surface area contributed by atoms with Gasteiger partial charge in [-0.05, 0) is 25.5 Å². The van der Waals surface area contributed by atoms with Crippen LogP contribution < -0.4 is 5.73 Å². The molecule has 1 aromatic carbocycles. The van der Waals surface area contributed by atoms with E-state index >= 15 is 0 Å². The first-order valence-corrected chi connectivity index (χ1v) is 5.70. The van der Waals surface area contributed by atoms with Gasteiger partial charge in [-0.25, -0.2) is 4.39 Å². The first-order chi connectivity index (χ1) is 7.87. The molecule has 4 heteroatoms. The molecule has 0 saturated heterocycles. The van der Waals surface area contributed by atoms with Gasteiger partial charge >= 0.3 is 0 Å². The zero-order chi connectivity index (χ0) is 12.6. The third-order valence-electron chi connectivity index (χ3n) is 2.89. The van der Waals surface area contributed by atoms with Crippen LogP contribution in [0.3, 0.4) is 0 Å². The summed E-state index contributed by atoms with van der Waals surface area (Å²) in [5.74, 6) is -0.252. The number of carbonyl (C=O) groups is 1. The Morgan fingerprint density at radius 1 is 1.47 bits per heavy atom. The van der Waals surface area contributed by atoms with Gasteiger partial charge in [-0.3, -0.25) is 4.79 Å². The summed E-state index contributed by atoms with van der Waals surface area (Å²) in [7, 11) is 0. The Balaban J connectivity index is 2.10. The summed E-state index contributed by atoms with van der Waals surface area (Å²) in [6.07, 6.45) is 0.280. The monoisotopic (exact) mass is 236 g/mol. The van der Waals surface area contributed by atoms with Crippen LogP contribution in [0.5, 0.6) is 0 Å². The Hall–Kier alpha value is -1.42. The fourth-order valence-corrected chi connectivity index (χ4v) is 2.06. The molecule has 0 spiro atoms. The molecule has 0 aliphatic carbocycles. The molecule has 17 heavy (non-hydrogen) atoms. The molecule has 0 aromatic heterocycles. The molecule has 0 saturated carbocycles. The van der Waals surface area contributed by atoms with Gasteiger partial charge in [-0.15, -0.1) is 0 Å². The van der Waals surface area contributed by atoms with Gasteiger partial charge in [0.1, 0.15) is 5.82 Å². The number of rotatable bonds is 2. The SMILES string of the molecule is CC(C)(N)CC(=O)N1Cc2cccc(F)c2C1. The van der Waals surface area contributed by atoms with E-state index in [9.17, 15) is 9.18 Å². The molecule has 92 valence electrons. The summed E-state index contributed by atoms with van der Waals surface area (Å²) in [6.45, 7) is 4.47. The maximum absolute atomic E-state index is 13.5. The summed E-state index contributed by atoms with van der Waals surface area (Å²) >= 11 is 0. The van der Waals surface area contributed by atoms with Crippen molar-refractivity contribution in [1.29, 1.82) is 0 Å². The lowest BCUT2D eigenvalue weighted by atomic mass is 10.0. The predicted molar refractivity (Wildman–Crippen MR) is 63.5 cm³/mol. The third kappa shape index (κ3) is 2.64. The van der Waals surface area contributed by atoms with E-state index in [0.717, 1.165) is 5.56 Å². The van der Waals surface area contributed by atoms with Gasteiger partial charge in [-0.1, -0.05) is 12.1 Å². The zero-order valence-electron chi connectivity index (χ0n) is 10.2. The van der Waals surface area contributed by atoms with E-state index in [1.54, 1.807) is 11.0 Å². The molecule has 2 rings (SSSR count). The Labute approximate surface area is 100 Å². The second-order valence-corrected chi connectivity index (χ2v) is 5.29. The van der Waals surface area contributed by atoms with Crippen molar-refractivity contribution in [2.45, 2.75) is 38.9 Å². The average Bonchev–Trinajstić information content (AvgIpc) is 2.60. The molecule has 1 aromatic rings. The highest BCUT2D eigenvalue weighted by Crippen LogP contribution is 2.26. The van der Waals surface area contributed by atoms with Crippen LogP contribution in [-0.4, -0.2) is 16.3 Å². The van der Waals surface area contributed by atoms with Crippen LogP contribution in [0.4, 0.5) is 4.39 Å². The Morgan fingerprint density at radius 2 is 2.18 bits per heavy atom. The van der Waals surface area contributed by atoms with Crippen LogP contribution in [0.2, 0.25) is 0 Å². The quantitative estimate of drug-likeness (QED) is 0.851. The van der Waals surface area contributed by atoms with Crippen molar-refractivity contribution < 1.29 is 9.18 Å². The summed E-state index contributed by atoms with van der Waals surface area (Å²) in [5, 5.41) is 0. The highest BCUT2D eigenvalue weighted by atomic mass is 19.1. The normalized spacial score (nSPS) is 14.9. The van der Waals surface area contributed by atoms with E-state index in [1.807, 2.05) is 19.9 Å². The Morgan fingerprint density at radius 3 is 2.76 bits per heavy atom. The minimum absolute atomic E-state index is 0.0203. The summed E-state index contributed by atoms with van der Waals surface area (Å²) in [6, 6.07) is 4.97. The fourth-order valence-electron chi connectivity index (χ4n) is 2.06. The van der Waals surface area contributed by atoms with Crippen LogP contribution in [0.15, 0.2) is 18.2 Å². The van der Waals surface area contributed by atoms with Crippen LogP contribution in [0.25, 0.3) is 0 Å². The van der Waals surface area contributed by atoms with Gasteiger partial charge in [0.2, 0.25) is 5.91 Å². The maximum atomic E-state index is 13.5. The second kappa shape index (κ2) is 4.11. The van der Waals surface area contributed by atoms with Gasteiger partial charge in [0, 0.05) is 30.6 Å². The topological polar surface area (TPSA) is 46.3 Å². The average molecular weight is 236 g/mol. The Kier molecular flexibility index (Phi) is 2.91. The maximum Gasteiger partial charge on any atom is 0.224 e. The number of benzene rings is 1. The lowest BCUT2D eigenvalue weighted by Crippen LogP contribution is -2.39. The standard InChI is InChI=1S/C13H17FN2O/c1-13(2,15)6-12(17)16-7-9-4-3-5-11(14)10(9)8-16/h3-5H,6-8,15H2,1-2H3. The number of halogens is 1. The molecule has 3 nitrogen and oxygen atoms in total. The summed E-state index contributed by atoms with van der Waals surface area (Å²) < 4.78 is 13.5. The van der Waals surface area contributed by atoms with Gasteiger partial charge in [-0.2, -0.15) is 0 Å². The van der Waals surface area contributed by atoms with E-state index in [2.05, 4.69) is 0 Å². The number of nitrogens with two attached hydrogens (primary N) is 1. The molecule has 0 fully saturated rings. The van der Waals surface area contributed by atoms with Gasteiger partial charge in [0.15, 0.2) is 0 Å². The van der Waals surface area contributed by atoms with Crippen molar-refractivity contribution in [3.63, 3.8) is 0 Å². The van der Waals surface area contributed by atoms with Crippen LogP contribution >= 0.6 is 0 Å². The summed E-state index contributed by atoms with van der Waals surface area (Å²) in [5.41, 5.74) is 6.83. The third-order valence-corrected chi connectivity index (χ3v) is 2.89. The van der Waals surface area contributed by atoms with Crippen LogP contribution in [0, 0.1) is 5.82 Å². The predicted octanol–water partition coefficient (Wildman–Crippen LogP) is 1.80. The van der Waals surface area contributed by atoms with E-state index in [0.29, 0.717) is 18.7 Å². The second-order valence-electron chi connectivity index (χ2n) is 5.29. The molecule has 1 amide bonds. The zero-order valence-corrected chi connectivity index (χ0v) is 10.2. The lowest BCUT2D eigenvalue weighted by molar-refractivity contribution is -0.132. The Bertz CT molecular complexity index is 451. The smallest absolute Gasteiger partial charge is 0.224 e. The molecular formula is C13H17FN2O. The minimum Gasteiger partial charge on any atom is -0.334 e. The number of hydrogen-bond donors (Lipinski definition) is 1. The number of carbonyl (C=O) groups excluding carboxylic acids is 1. The van der Waals surface area contributed by atoms with E-state index in [4.69, 9.17) is 5.73 Å². The molecule has 0 unspecified atom stereocenters. The van der Waals surface area contributed by atoms with E-state index < -0.39 is 5.54 Å². The van der Waals surface area contributed by atoms with Gasteiger partial charge in [0.05, 0.1) is 0 Å². The van der Waals surface area contributed by atoms with Gasteiger partial charge in [0.25, 0.3) is 0 Å². The number of amides is 1. The highest BCUT2D eigenvalue weighted by molar-refractivity contribution is 5.78. The molecule has 1 heterocycles. The van der Waals surface area contributed by atoms with Crippen molar-refractivity contribution in [2.24, 2.45) is 5.73 Å². The molecule has 1 aliphatic rings. The fraction of sp³-hybridized carbons (Fsp3) is 0.462. The summed E-state index contributed by atoms with van der Waals surface area (Å²) in [4.78, 5) is 13.6. The molecule has 2 N–H and O–H groups in total. The van der Waals surface area contributed by atoms with Crippen LogP contribution in [-0.2, 0) is 17.9 Å². The van der Waals surface area contributed by atoms with Crippen molar-refractivity contribution in [2.75, 3.05) is 0 Å². The molecule has 1 aliphatic heterocycles. The van der Waals surface area contributed by atoms with Gasteiger partial charge < -0.3 is 10.6 Å². The molecule has 0 bridgehead atoms. The van der Waals surface area contributed by atoms with E-state index in [-0.39, 0.29) is 18.1 Å². The van der Waals surface area contributed by atoms with Crippen molar-refractivity contribution in [3.05, 3.63) is 35.1 Å². The number of fused-ring (bicyclic) bond motifs is 1.